The van der Waals surface area contributed by atoms with Gasteiger partial charge in [0.05, 0.1) is 24.4 Å². The Kier molecular flexibility index (Phi) is 6.27. The number of nitrogens with one attached hydrogen (secondary N) is 1. The van der Waals surface area contributed by atoms with Crippen LogP contribution in [0.2, 0.25) is 0 Å². The van der Waals surface area contributed by atoms with Crippen LogP contribution in [0.3, 0.4) is 0 Å². The highest BCUT2D eigenvalue weighted by molar-refractivity contribution is 5.78. The number of fused-ring (bicyclic) bond motifs is 1. The van der Waals surface area contributed by atoms with E-state index in [1.54, 1.807) is 36.3 Å². The van der Waals surface area contributed by atoms with Crippen molar-refractivity contribution >= 4 is 5.91 Å². The van der Waals surface area contributed by atoms with Crippen molar-refractivity contribution in [3.05, 3.63) is 51.7 Å². The molecular weight excluding hydrogens is 396 g/mol. The standard InChI is InChI=1S/C23H30N4O4/c1-15(2)26-12-10-19-18(13-26)23(29)25-22(24-19)20-5-4-11-27(20)21(28)14-31-17-8-6-16(30-3)7-9-17/h6-9,15,20H,4-5,10-14H2,1-3H3,(H,24,25,29). The van der Waals surface area contributed by atoms with Gasteiger partial charge in [-0.3, -0.25) is 14.5 Å². The summed E-state index contributed by atoms with van der Waals surface area (Å²) in [5.74, 6) is 1.83. The lowest BCUT2D eigenvalue weighted by molar-refractivity contribution is -0.134. The minimum atomic E-state index is -0.215. The molecule has 166 valence electrons. The minimum Gasteiger partial charge on any atom is -0.497 e. The molecule has 3 heterocycles. The minimum absolute atomic E-state index is 0.0542. The fourth-order valence-corrected chi connectivity index (χ4v) is 4.31. The van der Waals surface area contributed by atoms with Crippen LogP contribution in [0.5, 0.6) is 11.5 Å². The summed E-state index contributed by atoms with van der Waals surface area (Å²) in [5, 5.41) is 0. The van der Waals surface area contributed by atoms with Gasteiger partial charge in [-0.25, -0.2) is 4.98 Å². The fourth-order valence-electron chi connectivity index (χ4n) is 4.31. The molecule has 0 bridgehead atoms. The SMILES string of the molecule is COc1ccc(OCC(=O)N2CCCC2c2nc3c(c(=O)[nH]2)CN(C(C)C)CC3)cc1. The number of aromatic amines is 1. The van der Waals surface area contributed by atoms with Gasteiger partial charge in [0.15, 0.2) is 6.61 Å². The average molecular weight is 427 g/mol. The smallest absolute Gasteiger partial charge is 0.261 e. The van der Waals surface area contributed by atoms with E-state index in [0.29, 0.717) is 30.7 Å². The second-order valence-electron chi connectivity index (χ2n) is 8.40. The van der Waals surface area contributed by atoms with Crippen LogP contribution >= 0.6 is 0 Å². The molecule has 1 fully saturated rings. The summed E-state index contributed by atoms with van der Waals surface area (Å²) in [6.07, 6.45) is 2.42. The number of benzene rings is 1. The van der Waals surface area contributed by atoms with Crippen molar-refractivity contribution in [3.63, 3.8) is 0 Å². The molecular formula is C23H30N4O4. The van der Waals surface area contributed by atoms with Crippen LogP contribution < -0.4 is 15.0 Å². The number of ether oxygens (including phenoxy) is 2. The molecule has 0 spiro atoms. The number of nitrogens with zero attached hydrogens (tertiary/aromatic N) is 3. The summed E-state index contributed by atoms with van der Waals surface area (Å²) in [4.78, 5) is 37.5. The number of amides is 1. The van der Waals surface area contributed by atoms with Crippen LogP contribution in [0, 0.1) is 0 Å². The number of H-pyrrole nitrogens is 1. The fraction of sp³-hybridized carbons (Fsp3) is 0.522. The lowest BCUT2D eigenvalue weighted by Crippen LogP contribution is -2.41. The van der Waals surface area contributed by atoms with Gasteiger partial charge in [0, 0.05) is 32.1 Å². The van der Waals surface area contributed by atoms with Gasteiger partial charge in [-0.1, -0.05) is 0 Å². The van der Waals surface area contributed by atoms with Crippen LogP contribution in [0.15, 0.2) is 29.1 Å². The molecule has 1 aromatic carbocycles. The lowest BCUT2D eigenvalue weighted by Gasteiger charge is -2.31. The van der Waals surface area contributed by atoms with E-state index in [4.69, 9.17) is 14.5 Å². The third kappa shape index (κ3) is 4.58. The normalized spacial score (nSPS) is 18.8. The van der Waals surface area contributed by atoms with E-state index < -0.39 is 0 Å². The Balaban J connectivity index is 1.46. The third-order valence-corrected chi connectivity index (χ3v) is 6.16. The zero-order chi connectivity index (χ0) is 22.0. The molecule has 31 heavy (non-hydrogen) atoms. The maximum Gasteiger partial charge on any atom is 0.261 e. The number of carbonyl (C=O) groups excluding carboxylic acids is 1. The Hall–Kier alpha value is -2.87. The monoisotopic (exact) mass is 426 g/mol. The van der Waals surface area contributed by atoms with Gasteiger partial charge in [0.1, 0.15) is 17.3 Å². The predicted octanol–water partition coefficient (Wildman–Crippen LogP) is 2.29. The summed E-state index contributed by atoms with van der Waals surface area (Å²) in [7, 11) is 1.60. The van der Waals surface area contributed by atoms with Crippen molar-refractivity contribution in [3.8, 4) is 11.5 Å². The molecule has 1 amide bonds. The zero-order valence-corrected chi connectivity index (χ0v) is 18.4. The van der Waals surface area contributed by atoms with Crippen LogP contribution in [-0.4, -0.2) is 58.5 Å². The molecule has 2 aliphatic rings. The molecule has 0 saturated carbocycles. The van der Waals surface area contributed by atoms with Crippen molar-refractivity contribution in [1.29, 1.82) is 0 Å². The predicted molar refractivity (Wildman–Crippen MR) is 116 cm³/mol. The topological polar surface area (TPSA) is 87.8 Å². The molecule has 8 nitrogen and oxygen atoms in total. The maximum absolute atomic E-state index is 12.9. The number of carbonyl (C=O) groups is 1. The highest BCUT2D eigenvalue weighted by Crippen LogP contribution is 2.30. The molecule has 1 N–H and O–H groups in total. The van der Waals surface area contributed by atoms with Crippen LogP contribution in [0.25, 0.3) is 0 Å². The van der Waals surface area contributed by atoms with Gasteiger partial charge in [-0.15, -0.1) is 0 Å². The zero-order valence-electron chi connectivity index (χ0n) is 18.4. The van der Waals surface area contributed by atoms with Crippen LogP contribution in [0.4, 0.5) is 0 Å². The second kappa shape index (κ2) is 9.09. The van der Waals surface area contributed by atoms with Crippen molar-refractivity contribution in [1.82, 2.24) is 19.8 Å². The van der Waals surface area contributed by atoms with Gasteiger partial charge in [-0.05, 0) is 51.0 Å². The first kappa shape index (κ1) is 21.4. The Morgan fingerprint density at radius 2 is 1.97 bits per heavy atom. The second-order valence-corrected chi connectivity index (χ2v) is 8.40. The number of hydrogen-bond acceptors (Lipinski definition) is 6. The Morgan fingerprint density at radius 3 is 2.68 bits per heavy atom. The highest BCUT2D eigenvalue weighted by Gasteiger charge is 2.33. The van der Waals surface area contributed by atoms with E-state index >= 15 is 0 Å². The first-order valence-electron chi connectivity index (χ1n) is 10.9. The Labute approximate surface area is 182 Å². The first-order valence-corrected chi connectivity index (χ1v) is 10.9. The largest absolute Gasteiger partial charge is 0.497 e. The highest BCUT2D eigenvalue weighted by atomic mass is 16.5. The number of likely N-dealkylation sites (tertiary alicyclic amines) is 1. The molecule has 8 heteroatoms. The van der Waals surface area contributed by atoms with Gasteiger partial charge in [-0.2, -0.15) is 0 Å². The van der Waals surface area contributed by atoms with E-state index in [2.05, 4.69) is 23.7 Å². The van der Waals surface area contributed by atoms with Crippen molar-refractivity contribution in [2.45, 2.75) is 51.7 Å². The lowest BCUT2D eigenvalue weighted by atomic mass is 10.0. The third-order valence-electron chi connectivity index (χ3n) is 6.16. The molecule has 1 atom stereocenters. The molecule has 1 saturated heterocycles. The van der Waals surface area contributed by atoms with E-state index in [9.17, 15) is 9.59 Å². The maximum atomic E-state index is 12.9. The summed E-state index contributed by atoms with van der Waals surface area (Å²) in [6.45, 7) is 6.37. The quantitative estimate of drug-likeness (QED) is 0.763. The van der Waals surface area contributed by atoms with Gasteiger partial charge < -0.3 is 19.4 Å². The van der Waals surface area contributed by atoms with Crippen molar-refractivity contribution in [2.75, 3.05) is 26.8 Å². The van der Waals surface area contributed by atoms with Crippen molar-refractivity contribution < 1.29 is 14.3 Å². The number of hydrogen-bond donors (Lipinski definition) is 1. The molecule has 2 aromatic rings. The number of rotatable bonds is 6. The molecule has 0 aliphatic carbocycles. The van der Waals surface area contributed by atoms with E-state index in [1.165, 1.54) is 0 Å². The molecule has 0 radical (unpaired) electrons. The average Bonchev–Trinajstić information content (AvgIpc) is 3.27. The van der Waals surface area contributed by atoms with Crippen LogP contribution in [-0.2, 0) is 17.8 Å². The molecule has 2 aliphatic heterocycles. The van der Waals surface area contributed by atoms with E-state index in [0.717, 1.165) is 42.8 Å². The summed E-state index contributed by atoms with van der Waals surface area (Å²) in [6, 6.07) is 7.31. The van der Waals surface area contributed by atoms with Crippen LogP contribution in [0.1, 0.15) is 49.8 Å². The first-order chi connectivity index (χ1) is 15.0. The molecule has 1 aromatic heterocycles. The van der Waals surface area contributed by atoms with Gasteiger partial charge in [0.25, 0.3) is 11.5 Å². The van der Waals surface area contributed by atoms with Gasteiger partial charge in [0.2, 0.25) is 0 Å². The molecule has 4 rings (SSSR count). The van der Waals surface area contributed by atoms with Crippen molar-refractivity contribution in [2.24, 2.45) is 0 Å². The number of aromatic nitrogens is 2. The van der Waals surface area contributed by atoms with E-state index in [-0.39, 0.29) is 24.1 Å². The Morgan fingerprint density at radius 1 is 1.23 bits per heavy atom. The number of methoxy groups -OCH3 is 1. The molecule has 1 unspecified atom stereocenters. The van der Waals surface area contributed by atoms with E-state index in [1.807, 2.05) is 0 Å². The van der Waals surface area contributed by atoms with Gasteiger partial charge >= 0.3 is 0 Å². The Bertz CT molecular complexity index is 986. The summed E-state index contributed by atoms with van der Waals surface area (Å²) >= 11 is 0. The summed E-state index contributed by atoms with van der Waals surface area (Å²) in [5.41, 5.74) is 1.53. The summed E-state index contributed by atoms with van der Waals surface area (Å²) < 4.78 is 10.8.